The molecule has 0 bridgehead atoms. The van der Waals surface area contributed by atoms with Crippen molar-refractivity contribution in [2.75, 3.05) is 0 Å². The Kier molecular flexibility index (Phi) is 3.75. The fourth-order valence-electron chi connectivity index (χ4n) is 1.76. The zero-order valence-electron chi connectivity index (χ0n) is 10.0. The Morgan fingerprint density at radius 2 is 2.21 bits per heavy atom. The molecule has 0 N–H and O–H groups in total. The number of aromatic nitrogens is 2. The maximum atomic E-state index is 11.8. The molecule has 0 atom stereocenters. The Labute approximate surface area is 117 Å². The zero-order valence-corrected chi connectivity index (χ0v) is 11.6. The predicted octanol–water partition coefficient (Wildman–Crippen LogP) is 2.27. The van der Waals surface area contributed by atoms with E-state index < -0.39 is 4.92 Å². The Bertz CT molecular complexity index is 697. The molecule has 0 aliphatic carbocycles. The summed E-state index contributed by atoms with van der Waals surface area (Å²) >= 11 is 3.11. The monoisotopic (exact) mass is 323 g/mol. The summed E-state index contributed by atoms with van der Waals surface area (Å²) in [5, 5.41) is 10.9. The highest BCUT2D eigenvalue weighted by Crippen LogP contribution is 2.21. The Hall–Kier alpha value is -2.02. The number of rotatable bonds is 3. The number of halogens is 1. The predicted molar refractivity (Wildman–Crippen MR) is 73.1 cm³/mol. The molecular weight excluding hydrogens is 314 g/mol. The maximum Gasteiger partial charge on any atom is 0.272 e. The molecule has 19 heavy (non-hydrogen) atoms. The van der Waals surface area contributed by atoms with Crippen molar-refractivity contribution in [1.29, 1.82) is 0 Å². The molecule has 2 aromatic rings. The van der Waals surface area contributed by atoms with E-state index in [2.05, 4.69) is 20.9 Å². The van der Waals surface area contributed by atoms with Crippen molar-refractivity contribution in [2.45, 2.75) is 13.5 Å². The number of nitro groups is 1. The summed E-state index contributed by atoms with van der Waals surface area (Å²) < 4.78 is 1.76. The highest BCUT2D eigenvalue weighted by atomic mass is 79.9. The molecule has 0 radical (unpaired) electrons. The highest BCUT2D eigenvalue weighted by molar-refractivity contribution is 9.10. The van der Waals surface area contributed by atoms with Crippen molar-refractivity contribution in [2.24, 2.45) is 0 Å². The molecule has 0 spiro atoms. The highest BCUT2D eigenvalue weighted by Gasteiger charge is 2.13. The van der Waals surface area contributed by atoms with Gasteiger partial charge in [0.25, 0.3) is 11.2 Å². The van der Waals surface area contributed by atoms with Gasteiger partial charge in [0.2, 0.25) is 0 Å². The van der Waals surface area contributed by atoms with Crippen LogP contribution in [0.4, 0.5) is 5.69 Å². The van der Waals surface area contributed by atoms with Crippen LogP contribution < -0.4 is 5.56 Å². The Morgan fingerprint density at radius 1 is 1.47 bits per heavy atom. The number of nitro benzene ring substituents is 1. The van der Waals surface area contributed by atoms with Gasteiger partial charge in [-0.15, -0.1) is 0 Å². The van der Waals surface area contributed by atoms with E-state index in [1.165, 1.54) is 23.2 Å². The summed E-state index contributed by atoms with van der Waals surface area (Å²) in [5.41, 5.74) is 1.10. The van der Waals surface area contributed by atoms with E-state index in [1.807, 2.05) is 0 Å². The topological polar surface area (TPSA) is 78.0 Å². The third-order valence-corrected chi connectivity index (χ3v) is 3.36. The third-order valence-electron chi connectivity index (χ3n) is 2.81. The molecule has 0 saturated carbocycles. The average Bonchev–Trinajstić information content (AvgIpc) is 2.37. The standard InChI is InChI=1S/C12H10BrN3O3/c1-8-9(3-2-4-11(8)16(18)19)6-15-7-14-5-10(13)12(15)17/h2-5,7H,6H2,1H3. The van der Waals surface area contributed by atoms with Crippen LogP contribution in [-0.2, 0) is 6.54 Å². The van der Waals surface area contributed by atoms with Gasteiger partial charge in [-0.05, 0) is 28.4 Å². The average molecular weight is 324 g/mol. The van der Waals surface area contributed by atoms with E-state index >= 15 is 0 Å². The first-order valence-electron chi connectivity index (χ1n) is 5.43. The Balaban J connectivity index is 2.45. The molecule has 0 amide bonds. The van der Waals surface area contributed by atoms with Gasteiger partial charge in [-0.3, -0.25) is 19.5 Å². The molecule has 98 valence electrons. The molecule has 1 aromatic heterocycles. The Morgan fingerprint density at radius 3 is 2.89 bits per heavy atom. The van der Waals surface area contributed by atoms with Crippen molar-refractivity contribution in [3.8, 4) is 0 Å². The smallest absolute Gasteiger partial charge is 0.272 e. The second-order valence-electron chi connectivity index (χ2n) is 3.99. The van der Waals surface area contributed by atoms with E-state index in [1.54, 1.807) is 19.1 Å². The lowest BCUT2D eigenvalue weighted by Crippen LogP contribution is -2.21. The molecule has 1 aromatic carbocycles. The number of nitrogens with zero attached hydrogens (tertiary/aromatic N) is 3. The van der Waals surface area contributed by atoms with Crippen molar-refractivity contribution in [3.63, 3.8) is 0 Å². The van der Waals surface area contributed by atoms with Gasteiger partial charge in [0, 0.05) is 17.8 Å². The SMILES string of the molecule is Cc1c(Cn2cncc(Br)c2=O)cccc1[N+](=O)[O-]. The van der Waals surface area contributed by atoms with Gasteiger partial charge in [-0.2, -0.15) is 0 Å². The van der Waals surface area contributed by atoms with Gasteiger partial charge in [0.05, 0.1) is 17.8 Å². The molecule has 2 rings (SSSR count). The van der Waals surface area contributed by atoms with Crippen LogP contribution in [0, 0.1) is 17.0 Å². The molecule has 6 nitrogen and oxygen atoms in total. The summed E-state index contributed by atoms with van der Waals surface area (Å²) in [4.78, 5) is 26.2. The zero-order chi connectivity index (χ0) is 14.0. The van der Waals surface area contributed by atoms with Crippen molar-refractivity contribution >= 4 is 21.6 Å². The lowest BCUT2D eigenvalue weighted by molar-refractivity contribution is -0.385. The lowest BCUT2D eigenvalue weighted by Gasteiger charge is -2.08. The first kappa shape index (κ1) is 13.4. The van der Waals surface area contributed by atoms with Crippen LogP contribution >= 0.6 is 15.9 Å². The molecule has 0 saturated heterocycles. The molecule has 1 heterocycles. The van der Waals surface area contributed by atoms with E-state index in [0.29, 0.717) is 10.0 Å². The fourth-order valence-corrected chi connectivity index (χ4v) is 2.11. The van der Waals surface area contributed by atoms with Gasteiger partial charge >= 0.3 is 0 Å². The molecule has 0 aliphatic rings. The minimum atomic E-state index is -0.430. The van der Waals surface area contributed by atoms with Crippen LogP contribution in [0.5, 0.6) is 0 Å². The van der Waals surface area contributed by atoms with Crippen LogP contribution in [0.2, 0.25) is 0 Å². The van der Waals surface area contributed by atoms with Gasteiger partial charge in [-0.1, -0.05) is 12.1 Å². The van der Waals surface area contributed by atoms with Crippen LogP contribution in [0.15, 0.2) is 40.0 Å². The second kappa shape index (κ2) is 5.31. The first-order valence-corrected chi connectivity index (χ1v) is 6.23. The number of hydrogen-bond acceptors (Lipinski definition) is 4. The van der Waals surface area contributed by atoms with E-state index in [4.69, 9.17) is 0 Å². The quantitative estimate of drug-likeness (QED) is 0.641. The first-order chi connectivity index (χ1) is 9.00. The molecule has 0 fully saturated rings. The van der Waals surface area contributed by atoms with E-state index in [-0.39, 0.29) is 17.8 Å². The summed E-state index contributed by atoms with van der Waals surface area (Å²) in [6.45, 7) is 1.92. The summed E-state index contributed by atoms with van der Waals surface area (Å²) in [6.07, 6.45) is 2.82. The van der Waals surface area contributed by atoms with Crippen molar-refractivity contribution < 1.29 is 4.92 Å². The van der Waals surface area contributed by atoms with Gasteiger partial charge in [-0.25, -0.2) is 4.98 Å². The van der Waals surface area contributed by atoms with Crippen LogP contribution in [0.3, 0.4) is 0 Å². The van der Waals surface area contributed by atoms with Crippen LogP contribution in [-0.4, -0.2) is 14.5 Å². The third kappa shape index (κ3) is 2.70. The van der Waals surface area contributed by atoms with E-state index in [9.17, 15) is 14.9 Å². The van der Waals surface area contributed by atoms with Gasteiger partial charge in [0.1, 0.15) is 4.47 Å². The van der Waals surface area contributed by atoms with Crippen molar-refractivity contribution in [3.05, 3.63) is 66.8 Å². The second-order valence-corrected chi connectivity index (χ2v) is 4.85. The van der Waals surface area contributed by atoms with Crippen LogP contribution in [0.1, 0.15) is 11.1 Å². The minimum Gasteiger partial charge on any atom is -0.294 e. The molecular formula is C12H10BrN3O3. The number of benzene rings is 1. The van der Waals surface area contributed by atoms with Crippen LogP contribution in [0.25, 0.3) is 0 Å². The maximum absolute atomic E-state index is 11.8. The summed E-state index contributed by atoms with van der Waals surface area (Å²) in [5.74, 6) is 0. The largest absolute Gasteiger partial charge is 0.294 e. The van der Waals surface area contributed by atoms with Gasteiger partial charge in [0.15, 0.2) is 0 Å². The number of hydrogen-bond donors (Lipinski definition) is 0. The van der Waals surface area contributed by atoms with Gasteiger partial charge < -0.3 is 0 Å². The molecule has 0 unspecified atom stereocenters. The van der Waals surface area contributed by atoms with Crippen molar-refractivity contribution in [1.82, 2.24) is 9.55 Å². The molecule has 7 heteroatoms. The minimum absolute atomic E-state index is 0.0495. The molecule has 0 aliphatic heterocycles. The normalized spacial score (nSPS) is 10.4. The van der Waals surface area contributed by atoms with E-state index in [0.717, 1.165) is 5.56 Å². The summed E-state index contributed by atoms with van der Waals surface area (Å²) in [6, 6.07) is 4.81. The lowest BCUT2D eigenvalue weighted by atomic mass is 10.1. The fraction of sp³-hybridized carbons (Fsp3) is 0.167. The summed E-state index contributed by atoms with van der Waals surface area (Å²) in [7, 11) is 0.